The molecule has 1 saturated carbocycles. The quantitative estimate of drug-likeness (QED) is 0.594. The fraction of sp³-hybridized carbons (Fsp3) is 1.00. The first kappa shape index (κ1) is 8.48. The molecular formula is C9H16NO2. The Morgan fingerprint density at radius 2 is 2.17 bits per heavy atom. The molecular weight excluding hydrogens is 154 g/mol. The second kappa shape index (κ2) is 3.32. The summed E-state index contributed by atoms with van der Waals surface area (Å²) in [5, 5.41) is 12.2. The highest BCUT2D eigenvalue weighted by molar-refractivity contribution is 4.98. The fourth-order valence-electron chi connectivity index (χ4n) is 1.84. The van der Waals surface area contributed by atoms with Crippen molar-refractivity contribution in [3.63, 3.8) is 0 Å². The van der Waals surface area contributed by atoms with E-state index in [1.807, 2.05) is 5.06 Å². The minimum atomic E-state index is -0.0149. The lowest BCUT2D eigenvalue weighted by Crippen LogP contribution is -2.22. The monoisotopic (exact) mass is 170 g/mol. The highest BCUT2D eigenvalue weighted by Gasteiger charge is 2.48. The first-order valence-electron chi connectivity index (χ1n) is 4.81. The van der Waals surface area contributed by atoms with Crippen LogP contribution in [0.25, 0.3) is 0 Å². The Bertz CT molecular complexity index is 157. The maximum atomic E-state index is 10.1. The molecule has 3 nitrogen and oxygen atoms in total. The number of hydroxylamine groups is 2. The van der Waals surface area contributed by atoms with E-state index in [0.29, 0.717) is 18.4 Å². The third-order valence-electron chi connectivity index (χ3n) is 2.92. The van der Waals surface area contributed by atoms with Crippen LogP contribution in [-0.2, 0) is 9.94 Å². The maximum Gasteiger partial charge on any atom is 0.0845 e. The molecule has 1 radical (unpaired) electrons. The van der Waals surface area contributed by atoms with Crippen molar-refractivity contribution >= 4 is 0 Å². The van der Waals surface area contributed by atoms with Crippen LogP contribution in [0, 0.1) is 5.41 Å². The minimum Gasteiger partial charge on any atom is -0.299 e. The van der Waals surface area contributed by atoms with Gasteiger partial charge in [-0.1, -0.05) is 0 Å². The van der Waals surface area contributed by atoms with Gasteiger partial charge < -0.3 is 0 Å². The second-order valence-electron chi connectivity index (χ2n) is 4.00. The predicted octanol–water partition coefficient (Wildman–Crippen LogP) is 1.22. The first-order chi connectivity index (χ1) is 5.85. The molecule has 3 heteroatoms. The van der Waals surface area contributed by atoms with Crippen molar-refractivity contribution in [3.05, 3.63) is 0 Å². The summed E-state index contributed by atoms with van der Waals surface area (Å²) in [5.41, 5.74) is 0.636. The average Bonchev–Trinajstić information content (AvgIpc) is 2.68. The van der Waals surface area contributed by atoms with Crippen LogP contribution in [0.1, 0.15) is 25.7 Å². The molecule has 0 aromatic heterocycles. The van der Waals surface area contributed by atoms with E-state index >= 15 is 0 Å². The van der Waals surface area contributed by atoms with Crippen LogP contribution in [0.5, 0.6) is 0 Å². The van der Waals surface area contributed by atoms with Gasteiger partial charge in [-0.05, 0) is 31.1 Å². The lowest BCUT2D eigenvalue weighted by atomic mass is 10.1. The predicted molar refractivity (Wildman–Crippen MR) is 44.0 cm³/mol. The van der Waals surface area contributed by atoms with Crippen LogP contribution in [0.4, 0.5) is 0 Å². The van der Waals surface area contributed by atoms with E-state index in [0.717, 1.165) is 13.1 Å². The van der Waals surface area contributed by atoms with Crippen molar-refractivity contribution in [2.45, 2.75) is 25.7 Å². The molecule has 0 amide bonds. The lowest BCUT2D eigenvalue weighted by molar-refractivity contribution is -0.149. The zero-order chi connectivity index (χ0) is 8.44. The normalized spacial score (nSPS) is 26.8. The second-order valence-corrected chi connectivity index (χ2v) is 4.00. The van der Waals surface area contributed by atoms with Gasteiger partial charge in [-0.2, -0.15) is 5.06 Å². The van der Waals surface area contributed by atoms with E-state index in [1.165, 1.54) is 19.3 Å². The largest absolute Gasteiger partial charge is 0.299 e. The van der Waals surface area contributed by atoms with Gasteiger partial charge >= 0.3 is 0 Å². The molecule has 0 bridgehead atoms. The van der Waals surface area contributed by atoms with Crippen LogP contribution in [0.2, 0.25) is 0 Å². The first-order valence-corrected chi connectivity index (χ1v) is 4.81. The number of nitrogens with zero attached hydrogens (tertiary/aromatic N) is 1. The van der Waals surface area contributed by atoms with Gasteiger partial charge in [0.05, 0.1) is 13.2 Å². The summed E-state index contributed by atoms with van der Waals surface area (Å²) in [5.74, 6) is 0. The Kier molecular flexibility index (Phi) is 2.35. The minimum absolute atomic E-state index is 0.0149. The van der Waals surface area contributed by atoms with Gasteiger partial charge in [-0.15, -0.1) is 0 Å². The summed E-state index contributed by atoms with van der Waals surface area (Å²) in [6, 6.07) is 0. The zero-order valence-electron chi connectivity index (χ0n) is 7.42. The van der Waals surface area contributed by atoms with Crippen LogP contribution < -0.4 is 0 Å². The Hall–Kier alpha value is -0.120. The summed E-state index contributed by atoms with van der Waals surface area (Å²) in [7, 11) is 0. The zero-order valence-corrected chi connectivity index (χ0v) is 7.42. The molecule has 0 unspecified atom stereocenters. The molecule has 0 aromatic rings. The summed E-state index contributed by atoms with van der Waals surface area (Å²) in [4.78, 5) is 5.45. The fourth-order valence-corrected chi connectivity index (χ4v) is 1.84. The van der Waals surface area contributed by atoms with Crippen LogP contribution in [0.3, 0.4) is 0 Å². The van der Waals surface area contributed by atoms with E-state index in [9.17, 15) is 5.11 Å². The van der Waals surface area contributed by atoms with Gasteiger partial charge in [-0.25, -0.2) is 5.11 Å². The number of hydrogen-bond donors (Lipinski definition) is 0. The molecule has 1 aliphatic heterocycles. The highest BCUT2D eigenvalue weighted by Crippen LogP contribution is 2.52. The van der Waals surface area contributed by atoms with E-state index in [-0.39, 0.29) is 6.61 Å². The van der Waals surface area contributed by atoms with Gasteiger partial charge in [0, 0.05) is 13.1 Å². The van der Waals surface area contributed by atoms with Crippen molar-refractivity contribution in [2.24, 2.45) is 5.41 Å². The Morgan fingerprint density at radius 3 is 2.75 bits per heavy atom. The van der Waals surface area contributed by atoms with Gasteiger partial charge in [0.2, 0.25) is 0 Å². The van der Waals surface area contributed by atoms with E-state index in [2.05, 4.69) is 0 Å². The molecule has 1 saturated heterocycles. The Labute approximate surface area is 73.3 Å². The molecule has 1 aliphatic carbocycles. The lowest BCUT2D eigenvalue weighted by Gasteiger charge is -2.14. The molecule has 1 spiro atoms. The Morgan fingerprint density at radius 1 is 1.33 bits per heavy atom. The van der Waals surface area contributed by atoms with Crippen LogP contribution in [0.15, 0.2) is 0 Å². The Balaban J connectivity index is 1.63. The molecule has 69 valence electrons. The average molecular weight is 170 g/mol. The third-order valence-corrected chi connectivity index (χ3v) is 2.92. The van der Waals surface area contributed by atoms with Gasteiger partial charge in [0.25, 0.3) is 0 Å². The van der Waals surface area contributed by atoms with Crippen molar-refractivity contribution < 1.29 is 9.94 Å². The molecule has 0 aromatic carbocycles. The topological polar surface area (TPSA) is 32.4 Å². The van der Waals surface area contributed by atoms with Gasteiger partial charge in [-0.3, -0.25) is 4.84 Å². The maximum absolute atomic E-state index is 10.1. The summed E-state index contributed by atoms with van der Waals surface area (Å²) < 4.78 is 0. The van der Waals surface area contributed by atoms with Crippen molar-refractivity contribution in [1.82, 2.24) is 5.06 Å². The molecule has 12 heavy (non-hydrogen) atoms. The number of hydrogen-bond acceptors (Lipinski definition) is 2. The molecule has 0 atom stereocenters. The molecule has 2 aliphatic rings. The third kappa shape index (κ3) is 1.79. The van der Waals surface area contributed by atoms with E-state index < -0.39 is 0 Å². The summed E-state index contributed by atoms with van der Waals surface area (Å²) in [6.45, 7) is 2.77. The molecule has 1 heterocycles. The van der Waals surface area contributed by atoms with Crippen molar-refractivity contribution in [1.29, 1.82) is 0 Å². The summed E-state index contributed by atoms with van der Waals surface area (Å²) in [6.07, 6.45) is 4.71. The highest BCUT2D eigenvalue weighted by atomic mass is 16.7. The van der Waals surface area contributed by atoms with E-state index in [4.69, 9.17) is 4.84 Å². The van der Waals surface area contributed by atoms with Crippen molar-refractivity contribution in [2.75, 3.05) is 26.3 Å². The standard InChI is InChI=1S/C9H16NO2/c11-6-1-7-12-10-5-4-9(8-10)2-3-9/h1-8H2. The van der Waals surface area contributed by atoms with Crippen molar-refractivity contribution in [3.8, 4) is 0 Å². The van der Waals surface area contributed by atoms with E-state index in [1.54, 1.807) is 0 Å². The molecule has 0 N–H and O–H groups in total. The van der Waals surface area contributed by atoms with Crippen LogP contribution in [-0.4, -0.2) is 31.4 Å². The summed E-state index contributed by atoms with van der Waals surface area (Å²) >= 11 is 0. The van der Waals surface area contributed by atoms with Gasteiger partial charge in [0.1, 0.15) is 0 Å². The smallest absolute Gasteiger partial charge is 0.0845 e. The number of rotatable bonds is 4. The van der Waals surface area contributed by atoms with Crippen LogP contribution >= 0.6 is 0 Å². The van der Waals surface area contributed by atoms with Gasteiger partial charge in [0.15, 0.2) is 0 Å². The molecule has 2 fully saturated rings. The SMILES string of the molecule is [O]CCCON1CCC2(CC2)C1. The molecule has 2 rings (SSSR count).